The van der Waals surface area contributed by atoms with E-state index >= 15 is 0 Å². The third kappa shape index (κ3) is 1.72. The van der Waals surface area contributed by atoms with Crippen molar-refractivity contribution in [2.45, 2.75) is 13.8 Å². The van der Waals surface area contributed by atoms with Gasteiger partial charge in [0.05, 0.1) is 10.5 Å². The molecule has 4 heteroatoms. The average Bonchev–Trinajstić information content (AvgIpc) is 2.02. The lowest BCUT2D eigenvalue weighted by molar-refractivity contribution is -0.385. The van der Waals surface area contributed by atoms with Gasteiger partial charge >= 0.3 is 0 Å². The second-order valence-electron chi connectivity index (χ2n) is 2.78. The van der Waals surface area contributed by atoms with E-state index in [0.29, 0.717) is 5.56 Å². The standard InChI is InChI=1S/C9H9NO3/c1-6-4-3-5-8(7(2)11)9(6)10(12)13/h3-5H,1-2H3. The maximum absolute atomic E-state index is 11.0. The van der Waals surface area contributed by atoms with Gasteiger partial charge < -0.3 is 0 Å². The van der Waals surface area contributed by atoms with Crippen molar-refractivity contribution in [3.63, 3.8) is 0 Å². The molecule has 0 aliphatic carbocycles. The zero-order valence-electron chi connectivity index (χ0n) is 7.40. The van der Waals surface area contributed by atoms with Crippen LogP contribution in [0.4, 0.5) is 5.69 Å². The van der Waals surface area contributed by atoms with Crippen LogP contribution in [0.15, 0.2) is 18.2 Å². The minimum Gasteiger partial charge on any atom is -0.294 e. The minimum absolute atomic E-state index is 0.0880. The Labute approximate surface area is 75.3 Å². The van der Waals surface area contributed by atoms with Gasteiger partial charge in [0.25, 0.3) is 5.69 Å². The van der Waals surface area contributed by atoms with Crippen molar-refractivity contribution in [1.82, 2.24) is 0 Å². The summed E-state index contributed by atoms with van der Waals surface area (Å²) in [7, 11) is 0. The summed E-state index contributed by atoms with van der Waals surface area (Å²) in [5.74, 6) is -0.282. The van der Waals surface area contributed by atoms with E-state index < -0.39 is 4.92 Å². The van der Waals surface area contributed by atoms with Gasteiger partial charge in [0.1, 0.15) is 0 Å². The zero-order valence-corrected chi connectivity index (χ0v) is 7.40. The van der Waals surface area contributed by atoms with Crippen molar-refractivity contribution < 1.29 is 9.72 Å². The van der Waals surface area contributed by atoms with Crippen LogP contribution in [-0.2, 0) is 0 Å². The SMILES string of the molecule is CC(=O)c1cccc(C)c1[N+](=O)[O-]. The van der Waals surface area contributed by atoms with Crippen LogP contribution in [0.1, 0.15) is 22.8 Å². The molecular weight excluding hydrogens is 170 g/mol. The molecule has 1 aromatic rings. The topological polar surface area (TPSA) is 60.2 Å². The Bertz CT molecular complexity index is 371. The number of nitro benzene ring substituents is 1. The Hall–Kier alpha value is -1.71. The first-order valence-electron chi connectivity index (χ1n) is 3.79. The van der Waals surface area contributed by atoms with Gasteiger partial charge in [-0.15, -0.1) is 0 Å². The number of carbonyl (C=O) groups excluding carboxylic acids is 1. The molecule has 68 valence electrons. The fourth-order valence-corrected chi connectivity index (χ4v) is 1.19. The van der Waals surface area contributed by atoms with Crippen LogP contribution in [0.5, 0.6) is 0 Å². The van der Waals surface area contributed by atoms with E-state index in [-0.39, 0.29) is 17.0 Å². The minimum atomic E-state index is -0.522. The fourth-order valence-electron chi connectivity index (χ4n) is 1.19. The molecule has 0 aromatic heterocycles. The molecule has 1 aromatic carbocycles. The molecule has 0 aliphatic rings. The lowest BCUT2D eigenvalue weighted by Crippen LogP contribution is -2.01. The van der Waals surface area contributed by atoms with Crippen LogP contribution in [0.2, 0.25) is 0 Å². The Balaban J connectivity index is 3.43. The largest absolute Gasteiger partial charge is 0.294 e. The summed E-state index contributed by atoms with van der Waals surface area (Å²) in [4.78, 5) is 21.1. The van der Waals surface area contributed by atoms with Crippen molar-refractivity contribution in [3.05, 3.63) is 39.4 Å². The number of para-hydroxylation sites is 1. The van der Waals surface area contributed by atoms with Crippen LogP contribution >= 0.6 is 0 Å². The highest BCUT2D eigenvalue weighted by atomic mass is 16.6. The highest BCUT2D eigenvalue weighted by molar-refractivity contribution is 5.98. The number of nitro groups is 1. The molecule has 0 unspecified atom stereocenters. The summed E-state index contributed by atoms with van der Waals surface area (Å²) >= 11 is 0. The molecule has 0 saturated carbocycles. The number of hydrogen-bond donors (Lipinski definition) is 0. The van der Waals surface area contributed by atoms with Gasteiger partial charge in [0.15, 0.2) is 5.78 Å². The molecule has 1 rings (SSSR count). The smallest absolute Gasteiger partial charge is 0.283 e. The van der Waals surface area contributed by atoms with E-state index in [2.05, 4.69) is 0 Å². The predicted octanol–water partition coefficient (Wildman–Crippen LogP) is 2.11. The maximum Gasteiger partial charge on any atom is 0.283 e. The second kappa shape index (κ2) is 3.35. The van der Waals surface area contributed by atoms with Gasteiger partial charge in [-0.05, 0) is 19.9 Å². The zero-order chi connectivity index (χ0) is 10.0. The number of ketones is 1. The average molecular weight is 179 g/mol. The summed E-state index contributed by atoms with van der Waals surface area (Å²) in [6, 6.07) is 4.72. The van der Waals surface area contributed by atoms with E-state index in [1.807, 2.05) is 0 Å². The Morgan fingerprint density at radius 1 is 1.46 bits per heavy atom. The van der Waals surface area contributed by atoms with Crippen molar-refractivity contribution in [2.75, 3.05) is 0 Å². The fraction of sp³-hybridized carbons (Fsp3) is 0.222. The molecule has 0 atom stereocenters. The van der Waals surface area contributed by atoms with Gasteiger partial charge in [0.2, 0.25) is 0 Å². The van der Waals surface area contributed by atoms with Crippen LogP contribution in [0.3, 0.4) is 0 Å². The first kappa shape index (κ1) is 9.38. The monoisotopic (exact) mass is 179 g/mol. The molecule has 0 fully saturated rings. The molecule has 4 nitrogen and oxygen atoms in total. The molecular formula is C9H9NO3. The Morgan fingerprint density at radius 2 is 2.08 bits per heavy atom. The molecule has 0 amide bonds. The normalized spacial score (nSPS) is 9.69. The number of aryl methyl sites for hydroxylation is 1. The third-order valence-corrected chi connectivity index (χ3v) is 1.80. The van der Waals surface area contributed by atoms with E-state index in [1.165, 1.54) is 13.0 Å². The van der Waals surface area contributed by atoms with Gasteiger partial charge in [-0.1, -0.05) is 12.1 Å². The number of hydrogen-bond acceptors (Lipinski definition) is 3. The summed E-state index contributed by atoms with van der Waals surface area (Å²) in [5, 5.41) is 10.6. The van der Waals surface area contributed by atoms with Gasteiger partial charge in [-0.2, -0.15) is 0 Å². The van der Waals surface area contributed by atoms with E-state index in [4.69, 9.17) is 0 Å². The quantitative estimate of drug-likeness (QED) is 0.397. The Kier molecular flexibility index (Phi) is 2.41. The van der Waals surface area contributed by atoms with Gasteiger partial charge in [0, 0.05) is 5.56 Å². The van der Waals surface area contributed by atoms with E-state index in [0.717, 1.165) is 0 Å². The maximum atomic E-state index is 11.0. The molecule has 0 spiro atoms. The summed E-state index contributed by atoms with van der Waals surface area (Å²) in [6.45, 7) is 2.94. The molecule has 0 N–H and O–H groups in total. The highest BCUT2D eigenvalue weighted by Gasteiger charge is 2.18. The highest BCUT2D eigenvalue weighted by Crippen LogP contribution is 2.22. The molecule has 0 bridgehead atoms. The lowest BCUT2D eigenvalue weighted by atomic mass is 10.1. The third-order valence-electron chi connectivity index (χ3n) is 1.80. The summed E-state index contributed by atoms with van der Waals surface area (Å²) < 4.78 is 0. The molecule has 0 saturated heterocycles. The van der Waals surface area contributed by atoms with Gasteiger partial charge in [-0.25, -0.2) is 0 Å². The molecule has 0 radical (unpaired) electrons. The van der Waals surface area contributed by atoms with Crippen molar-refractivity contribution in [2.24, 2.45) is 0 Å². The van der Waals surface area contributed by atoms with Crippen LogP contribution < -0.4 is 0 Å². The molecule has 0 heterocycles. The summed E-state index contributed by atoms with van der Waals surface area (Å²) in [6.07, 6.45) is 0. The molecule has 13 heavy (non-hydrogen) atoms. The first-order valence-corrected chi connectivity index (χ1v) is 3.79. The van der Waals surface area contributed by atoms with Crippen LogP contribution in [0, 0.1) is 17.0 Å². The predicted molar refractivity (Wildman–Crippen MR) is 47.8 cm³/mol. The number of nitrogens with zero attached hydrogens (tertiary/aromatic N) is 1. The van der Waals surface area contributed by atoms with E-state index in [9.17, 15) is 14.9 Å². The van der Waals surface area contributed by atoms with E-state index in [1.54, 1.807) is 19.1 Å². The second-order valence-corrected chi connectivity index (χ2v) is 2.78. The van der Waals surface area contributed by atoms with Crippen molar-refractivity contribution >= 4 is 11.5 Å². The number of Topliss-reactive ketones (excluding diaryl/α,β-unsaturated/α-hetero) is 1. The summed E-state index contributed by atoms with van der Waals surface area (Å²) in [5.41, 5.74) is 0.595. The molecule has 0 aliphatic heterocycles. The number of carbonyl (C=O) groups is 1. The van der Waals surface area contributed by atoms with Gasteiger partial charge in [-0.3, -0.25) is 14.9 Å². The van der Waals surface area contributed by atoms with Crippen molar-refractivity contribution in [3.8, 4) is 0 Å². The first-order chi connectivity index (χ1) is 6.04. The lowest BCUT2D eigenvalue weighted by Gasteiger charge is -2.00. The number of benzene rings is 1. The number of rotatable bonds is 2. The Morgan fingerprint density at radius 3 is 2.46 bits per heavy atom. The van der Waals surface area contributed by atoms with Crippen LogP contribution in [-0.4, -0.2) is 10.7 Å². The van der Waals surface area contributed by atoms with Crippen molar-refractivity contribution in [1.29, 1.82) is 0 Å². The van der Waals surface area contributed by atoms with Crippen LogP contribution in [0.25, 0.3) is 0 Å².